The lowest BCUT2D eigenvalue weighted by Crippen LogP contribution is -2.21. The van der Waals surface area contributed by atoms with Gasteiger partial charge in [-0.3, -0.25) is 0 Å². The Bertz CT molecular complexity index is 1670. The van der Waals surface area contributed by atoms with Crippen LogP contribution in [0.5, 0.6) is 17.2 Å². The average molecular weight is 513 g/mol. The number of hydrogen-bond acceptors (Lipinski definition) is 7. The Balaban J connectivity index is 1.88. The van der Waals surface area contributed by atoms with Crippen LogP contribution < -0.4 is 16.0 Å². The molecule has 0 aliphatic carbocycles. The molecule has 7 nitrogen and oxygen atoms in total. The first kappa shape index (κ1) is 25.1. The molecule has 2 N–H and O–H groups in total. The normalized spacial score (nSPS) is 11.5. The van der Waals surface area contributed by atoms with Crippen LogP contribution in [0.1, 0.15) is 54.5 Å². The zero-order valence-corrected chi connectivity index (χ0v) is 21.4. The summed E-state index contributed by atoms with van der Waals surface area (Å²) in [5.41, 5.74) is 0.749. The van der Waals surface area contributed by atoms with Crippen molar-refractivity contribution in [1.29, 1.82) is 0 Å². The molecule has 5 rings (SSSR count). The summed E-state index contributed by atoms with van der Waals surface area (Å²) < 4.78 is 16.9. The number of ether oxygens (including phenoxy) is 1. The average Bonchev–Trinajstić information content (AvgIpc) is 2.92. The van der Waals surface area contributed by atoms with Crippen LogP contribution in [-0.2, 0) is 12.8 Å². The maximum absolute atomic E-state index is 13.4. The first-order chi connectivity index (χ1) is 18.4. The molecule has 2 heterocycles. The zero-order chi connectivity index (χ0) is 27.0. The summed E-state index contributed by atoms with van der Waals surface area (Å²) in [6.07, 6.45) is 1.41. The van der Waals surface area contributed by atoms with E-state index in [2.05, 4.69) is 0 Å². The number of aromatic hydroxyl groups is 2. The molecule has 5 aromatic rings. The maximum atomic E-state index is 13.4. The summed E-state index contributed by atoms with van der Waals surface area (Å²) in [6, 6.07) is 17.3. The first-order valence-electron chi connectivity index (χ1n) is 12.7. The third-order valence-electron chi connectivity index (χ3n) is 6.85. The van der Waals surface area contributed by atoms with Crippen molar-refractivity contribution < 1.29 is 23.8 Å². The van der Waals surface area contributed by atoms with Crippen molar-refractivity contribution in [2.75, 3.05) is 6.61 Å². The lowest BCUT2D eigenvalue weighted by atomic mass is 9.84. The minimum atomic E-state index is -1.20. The van der Waals surface area contributed by atoms with Crippen LogP contribution in [0.2, 0.25) is 0 Å². The Morgan fingerprint density at radius 3 is 1.74 bits per heavy atom. The molecule has 0 bridgehead atoms. The van der Waals surface area contributed by atoms with E-state index in [1.165, 1.54) is 0 Å². The van der Waals surface area contributed by atoms with E-state index in [4.69, 9.17) is 13.6 Å². The summed E-state index contributed by atoms with van der Waals surface area (Å²) in [6.45, 7) is 6.20. The van der Waals surface area contributed by atoms with Gasteiger partial charge in [0.25, 0.3) is 0 Å². The summed E-state index contributed by atoms with van der Waals surface area (Å²) in [4.78, 5) is 26.8. The largest absolute Gasteiger partial charge is 0.507 e. The molecular weight excluding hydrogens is 484 g/mol. The standard InChI is InChI=1S/C31H28O7/c1-4-17-10-12-23-21(14-17)28(32)26(30(34)37-23)25(19-8-7-9-20(16-19)36-6-3)27-29(33)22-15-18(5-2)11-13-24(22)38-31(27)35/h7-16,25,32-33H,4-6H2,1-3H3. The highest BCUT2D eigenvalue weighted by molar-refractivity contribution is 5.87. The van der Waals surface area contributed by atoms with E-state index in [1.807, 2.05) is 32.9 Å². The van der Waals surface area contributed by atoms with Crippen LogP contribution in [0.15, 0.2) is 79.1 Å². The fourth-order valence-corrected chi connectivity index (χ4v) is 4.87. The van der Waals surface area contributed by atoms with E-state index in [9.17, 15) is 19.8 Å². The van der Waals surface area contributed by atoms with Gasteiger partial charge in [0.1, 0.15) is 28.4 Å². The van der Waals surface area contributed by atoms with Gasteiger partial charge >= 0.3 is 11.3 Å². The zero-order valence-electron chi connectivity index (χ0n) is 21.4. The Labute approximate surface area is 218 Å². The lowest BCUT2D eigenvalue weighted by Gasteiger charge is -2.20. The molecule has 0 saturated heterocycles. The fraction of sp³-hybridized carbons (Fsp3) is 0.226. The summed E-state index contributed by atoms with van der Waals surface area (Å²) in [5, 5.41) is 23.6. The molecular formula is C31H28O7. The monoisotopic (exact) mass is 512 g/mol. The van der Waals surface area contributed by atoms with Gasteiger partial charge in [0, 0.05) is 0 Å². The Morgan fingerprint density at radius 2 is 1.26 bits per heavy atom. The quantitative estimate of drug-likeness (QED) is 0.257. The molecule has 0 amide bonds. The minimum absolute atomic E-state index is 0.173. The molecule has 3 aromatic carbocycles. The molecule has 0 aliphatic rings. The van der Waals surface area contributed by atoms with Gasteiger partial charge in [-0.05, 0) is 72.9 Å². The van der Waals surface area contributed by atoms with Gasteiger partial charge in [-0.15, -0.1) is 0 Å². The second-order valence-corrected chi connectivity index (χ2v) is 9.11. The molecule has 0 aliphatic heterocycles. The summed E-state index contributed by atoms with van der Waals surface area (Å²) in [7, 11) is 0. The third kappa shape index (κ3) is 4.30. The molecule has 0 fully saturated rings. The number of benzene rings is 3. The number of fused-ring (bicyclic) bond motifs is 2. The highest BCUT2D eigenvalue weighted by Crippen LogP contribution is 2.42. The van der Waals surface area contributed by atoms with Gasteiger partial charge < -0.3 is 23.8 Å². The molecule has 0 spiro atoms. The smallest absolute Gasteiger partial charge is 0.344 e. The molecule has 0 unspecified atom stereocenters. The Kier molecular flexibility index (Phi) is 6.68. The molecule has 0 radical (unpaired) electrons. The molecule has 0 atom stereocenters. The van der Waals surface area contributed by atoms with Gasteiger partial charge in [0.2, 0.25) is 0 Å². The van der Waals surface area contributed by atoms with Crippen LogP contribution in [0.25, 0.3) is 21.9 Å². The second kappa shape index (κ2) is 10.1. The highest BCUT2D eigenvalue weighted by atomic mass is 16.5. The first-order valence-corrected chi connectivity index (χ1v) is 12.7. The topological polar surface area (TPSA) is 110 Å². The lowest BCUT2D eigenvalue weighted by molar-refractivity contribution is 0.339. The van der Waals surface area contributed by atoms with Crippen molar-refractivity contribution in [3.05, 3.63) is 109 Å². The predicted molar refractivity (Wildman–Crippen MR) is 146 cm³/mol. The van der Waals surface area contributed by atoms with Gasteiger partial charge in [-0.2, -0.15) is 0 Å². The van der Waals surface area contributed by atoms with Crippen molar-refractivity contribution >= 4 is 21.9 Å². The molecule has 7 heteroatoms. The van der Waals surface area contributed by atoms with Crippen molar-refractivity contribution in [3.63, 3.8) is 0 Å². The van der Waals surface area contributed by atoms with E-state index < -0.39 is 17.2 Å². The highest BCUT2D eigenvalue weighted by Gasteiger charge is 2.33. The van der Waals surface area contributed by atoms with Crippen molar-refractivity contribution in [3.8, 4) is 17.2 Å². The number of rotatable bonds is 7. The molecule has 38 heavy (non-hydrogen) atoms. The molecule has 0 saturated carbocycles. The van der Waals surface area contributed by atoms with Gasteiger partial charge in [0.15, 0.2) is 0 Å². The Hall–Kier alpha value is -4.52. The van der Waals surface area contributed by atoms with Crippen LogP contribution in [0.3, 0.4) is 0 Å². The van der Waals surface area contributed by atoms with Crippen LogP contribution >= 0.6 is 0 Å². The van der Waals surface area contributed by atoms with Gasteiger partial charge in [-0.1, -0.05) is 38.1 Å². The van der Waals surface area contributed by atoms with Crippen molar-refractivity contribution in [2.24, 2.45) is 0 Å². The van der Waals surface area contributed by atoms with Gasteiger partial charge in [0.05, 0.1) is 34.4 Å². The van der Waals surface area contributed by atoms with E-state index in [0.29, 0.717) is 41.5 Å². The molecule has 2 aromatic heterocycles. The van der Waals surface area contributed by atoms with Crippen molar-refractivity contribution in [2.45, 2.75) is 39.5 Å². The SMILES string of the molecule is CCOc1cccc(C(c2c(O)c3cc(CC)ccc3oc2=O)c2c(O)c3cc(CC)ccc3oc2=O)c1. The molecule has 194 valence electrons. The van der Waals surface area contributed by atoms with Crippen molar-refractivity contribution in [1.82, 2.24) is 0 Å². The van der Waals surface area contributed by atoms with E-state index in [1.54, 1.807) is 48.5 Å². The summed E-state index contributed by atoms with van der Waals surface area (Å²) in [5.74, 6) is -1.34. The number of aryl methyl sites for hydroxylation is 2. The van der Waals surface area contributed by atoms with E-state index >= 15 is 0 Å². The summed E-state index contributed by atoms with van der Waals surface area (Å²) >= 11 is 0. The van der Waals surface area contributed by atoms with Crippen LogP contribution in [0.4, 0.5) is 0 Å². The van der Waals surface area contributed by atoms with E-state index in [-0.39, 0.29) is 33.8 Å². The minimum Gasteiger partial charge on any atom is -0.507 e. The van der Waals surface area contributed by atoms with E-state index in [0.717, 1.165) is 11.1 Å². The second-order valence-electron chi connectivity index (χ2n) is 9.11. The predicted octanol–water partition coefficient (Wildman–Crippen LogP) is 6.01. The number of hydrogen-bond donors (Lipinski definition) is 2. The van der Waals surface area contributed by atoms with Gasteiger partial charge in [-0.25, -0.2) is 9.59 Å². The fourth-order valence-electron chi connectivity index (χ4n) is 4.87. The van der Waals surface area contributed by atoms with Crippen LogP contribution in [0, 0.1) is 0 Å². The Morgan fingerprint density at radius 1 is 0.737 bits per heavy atom. The van der Waals surface area contributed by atoms with Crippen LogP contribution in [-0.4, -0.2) is 16.8 Å². The third-order valence-corrected chi connectivity index (χ3v) is 6.85. The maximum Gasteiger partial charge on any atom is 0.344 e.